The molecule has 0 aliphatic carbocycles. The summed E-state index contributed by atoms with van der Waals surface area (Å²) in [5, 5.41) is 11.6. The van der Waals surface area contributed by atoms with Gasteiger partial charge in [-0.2, -0.15) is 4.31 Å². The Bertz CT molecular complexity index is 1160. The van der Waals surface area contributed by atoms with E-state index in [1.165, 1.54) is 40.7 Å². The first-order chi connectivity index (χ1) is 15.9. The van der Waals surface area contributed by atoms with Crippen molar-refractivity contribution in [1.82, 2.24) is 4.31 Å². The Balaban J connectivity index is 1.49. The zero-order valence-electron chi connectivity index (χ0n) is 18.4. The van der Waals surface area contributed by atoms with Gasteiger partial charge in [0.25, 0.3) is 5.69 Å². The first kappa shape index (κ1) is 23.1. The smallest absolute Gasteiger partial charge is 0.293 e. The second-order valence-corrected chi connectivity index (χ2v) is 10.3. The Morgan fingerprint density at radius 3 is 2.18 bits per heavy atom. The Labute approximate surface area is 193 Å². The van der Waals surface area contributed by atoms with Gasteiger partial charge < -0.3 is 4.90 Å². The van der Waals surface area contributed by atoms with Crippen molar-refractivity contribution >= 4 is 33.3 Å². The van der Waals surface area contributed by atoms with Crippen molar-refractivity contribution in [2.24, 2.45) is 0 Å². The van der Waals surface area contributed by atoms with Crippen LogP contribution in [0.3, 0.4) is 0 Å². The van der Waals surface area contributed by atoms with Gasteiger partial charge >= 0.3 is 0 Å². The standard InChI is InChI=1S/C24H27N3O5S/c28-24(20-8-10-21(11-9-20)33(31,32)26-16-4-5-17-26)13-7-19-6-12-22(23(18-19)27(29)30)25-14-2-1-3-15-25/h6-13,18H,1-5,14-17H2. The summed E-state index contributed by atoms with van der Waals surface area (Å²) < 4.78 is 26.7. The summed E-state index contributed by atoms with van der Waals surface area (Å²) in [6.07, 6.45) is 7.79. The van der Waals surface area contributed by atoms with E-state index in [-0.39, 0.29) is 21.3 Å². The van der Waals surface area contributed by atoms with E-state index >= 15 is 0 Å². The third-order valence-corrected chi connectivity index (χ3v) is 8.07. The van der Waals surface area contributed by atoms with E-state index in [1.807, 2.05) is 4.90 Å². The summed E-state index contributed by atoms with van der Waals surface area (Å²) >= 11 is 0. The summed E-state index contributed by atoms with van der Waals surface area (Å²) in [7, 11) is -3.53. The van der Waals surface area contributed by atoms with Crippen LogP contribution in [0.15, 0.2) is 53.4 Å². The molecule has 2 aromatic carbocycles. The molecule has 0 spiro atoms. The first-order valence-corrected chi connectivity index (χ1v) is 12.7. The number of allylic oxidation sites excluding steroid dienone is 1. The van der Waals surface area contributed by atoms with Crippen LogP contribution in [0.4, 0.5) is 11.4 Å². The average molecular weight is 470 g/mol. The lowest BCUT2D eigenvalue weighted by Gasteiger charge is -2.28. The molecule has 174 valence electrons. The summed E-state index contributed by atoms with van der Waals surface area (Å²) in [6, 6.07) is 10.9. The largest absolute Gasteiger partial charge is 0.366 e. The molecule has 0 radical (unpaired) electrons. The number of carbonyl (C=O) groups is 1. The lowest BCUT2D eigenvalue weighted by Crippen LogP contribution is -2.29. The fourth-order valence-corrected chi connectivity index (χ4v) is 5.85. The van der Waals surface area contributed by atoms with E-state index in [4.69, 9.17) is 0 Å². The van der Waals surface area contributed by atoms with Gasteiger partial charge in [0.05, 0.1) is 9.82 Å². The minimum Gasteiger partial charge on any atom is -0.366 e. The molecule has 2 fully saturated rings. The molecule has 0 amide bonds. The summed E-state index contributed by atoms with van der Waals surface area (Å²) in [5.74, 6) is -0.303. The van der Waals surface area contributed by atoms with Crippen LogP contribution in [0.25, 0.3) is 6.08 Å². The number of rotatable bonds is 7. The highest BCUT2D eigenvalue weighted by Gasteiger charge is 2.27. The van der Waals surface area contributed by atoms with Gasteiger partial charge in [0.2, 0.25) is 10.0 Å². The number of hydrogen-bond donors (Lipinski definition) is 0. The highest BCUT2D eigenvalue weighted by Crippen LogP contribution is 2.31. The molecule has 2 heterocycles. The maximum absolute atomic E-state index is 12.6. The topological polar surface area (TPSA) is 101 Å². The van der Waals surface area contributed by atoms with Crippen molar-refractivity contribution in [3.8, 4) is 0 Å². The molecule has 0 saturated carbocycles. The molecule has 0 aromatic heterocycles. The monoisotopic (exact) mass is 469 g/mol. The number of hydrogen-bond acceptors (Lipinski definition) is 6. The molecule has 4 rings (SSSR count). The van der Waals surface area contributed by atoms with Crippen LogP contribution in [-0.2, 0) is 10.0 Å². The quantitative estimate of drug-likeness (QED) is 0.260. The Morgan fingerprint density at radius 1 is 0.909 bits per heavy atom. The molecule has 0 N–H and O–H groups in total. The van der Waals surface area contributed by atoms with Gasteiger partial charge in [-0.15, -0.1) is 0 Å². The van der Waals surface area contributed by atoms with E-state index in [9.17, 15) is 23.3 Å². The summed E-state index contributed by atoms with van der Waals surface area (Å²) in [5.41, 5.74) is 1.55. The summed E-state index contributed by atoms with van der Waals surface area (Å²) in [4.78, 5) is 26.0. The fraction of sp³-hybridized carbons (Fsp3) is 0.375. The Kier molecular flexibility index (Phi) is 6.90. The Morgan fingerprint density at radius 2 is 1.55 bits per heavy atom. The molecule has 2 aromatic rings. The average Bonchev–Trinajstić information content (AvgIpc) is 3.39. The van der Waals surface area contributed by atoms with Crippen LogP contribution in [0, 0.1) is 10.1 Å². The van der Waals surface area contributed by atoms with E-state index in [0.29, 0.717) is 29.9 Å². The van der Waals surface area contributed by atoms with Crippen molar-refractivity contribution in [3.05, 3.63) is 69.8 Å². The molecule has 0 unspecified atom stereocenters. The van der Waals surface area contributed by atoms with E-state index in [0.717, 1.165) is 45.2 Å². The third kappa shape index (κ3) is 5.15. The predicted octanol–water partition coefficient (Wildman–Crippen LogP) is 4.27. The predicted molar refractivity (Wildman–Crippen MR) is 127 cm³/mol. The molecule has 0 atom stereocenters. The molecule has 9 heteroatoms. The fourth-order valence-electron chi connectivity index (χ4n) is 4.33. The van der Waals surface area contributed by atoms with Gasteiger partial charge in [0.1, 0.15) is 5.69 Å². The van der Waals surface area contributed by atoms with E-state index in [1.54, 1.807) is 18.2 Å². The van der Waals surface area contributed by atoms with Crippen LogP contribution < -0.4 is 4.90 Å². The van der Waals surface area contributed by atoms with Crippen LogP contribution >= 0.6 is 0 Å². The van der Waals surface area contributed by atoms with Gasteiger partial charge in [0.15, 0.2) is 5.78 Å². The van der Waals surface area contributed by atoms with E-state index < -0.39 is 10.0 Å². The SMILES string of the molecule is O=C(C=Cc1ccc(N2CCCCC2)c([N+](=O)[O-])c1)c1ccc(S(=O)(=O)N2CCCC2)cc1. The number of nitro groups is 1. The molecule has 0 bridgehead atoms. The van der Waals surface area contributed by atoms with Crippen molar-refractivity contribution < 1.29 is 18.1 Å². The molecule has 2 saturated heterocycles. The van der Waals surface area contributed by atoms with Crippen molar-refractivity contribution in [3.63, 3.8) is 0 Å². The lowest BCUT2D eigenvalue weighted by molar-refractivity contribution is -0.384. The third-order valence-electron chi connectivity index (χ3n) is 6.16. The van der Waals surface area contributed by atoms with Gasteiger partial charge in [-0.25, -0.2) is 8.42 Å². The maximum Gasteiger partial charge on any atom is 0.293 e. The zero-order valence-corrected chi connectivity index (χ0v) is 19.2. The minimum absolute atomic E-state index is 0.0305. The molecule has 2 aliphatic rings. The zero-order chi connectivity index (χ0) is 23.4. The van der Waals surface area contributed by atoms with Crippen LogP contribution in [-0.4, -0.2) is 49.6 Å². The molecule has 2 aliphatic heterocycles. The molecule has 8 nitrogen and oxygen atoms in total. The second kappa shape index (κ2) is 9.84. The van der Waals surface area contributed by atoms with E-state index in [2.05, 4.69) is 0 Å². The number of nitrogens with zero attached hydrogens (tertiary/aromatic N) is 3. The highest BCUT2D eigenvalue weighted by molar-refractivity contribution is 7.89. The number of benzene rings is 2. The number of ketones is 1. The van der Waals surface area contributed by atoms with Gasteiger partial charge in [-0.05, 0) is 74.1 Å². The number of nitro benzene ring substituents is 1. The van der Waals surface area contributed by atoms with Crippen molar-refractivity contribution in [1.29, 1.82) is 0 Å². The van der Waals surface area contributed by atoms with Gasteiger partial charge in [-0.1, -0.05) is 12.1 Å². The molecular formula is C24H27N3O5S. The number of sulfonamides is 1. The van der Waals surface area contributed by atoms with Crippen LogP contribution in [0.2, 0.25) is 0 Å². The second-order valence-electron chi connectivity index (χ2n) is 8.39. The number of piperidine rings is 1. The van der Waals surface area contributed by atoms with Gasteiger partial charge in [0, 0.05) is 37.8 Å². The van der Waals surface area contributed by atoms with Crippen LogP contribution in [0.1, 0.15) is 48.0 Å². The van der Waals surface area contributed by atoms with Gasteiger partial charge in [-0.3, -0.25) is 14.9 Å². The van der Waals surface area contributed by atoms with Crippen molar-refractivity contribution in [2.45, 2.75) is 37.0 Å². The number of carbonyl (C=O) groups excluding carboxylic acids is 1. The molecule has 33 heavy (non-hydrogen) atoms. The normalized spacial score (nSPS) is 17.5. The lowest BCUT2D eigenvalue weighted by atomic mass is 10.1. The van der Waals surface area contributed by atoms with Crippen molar-refractivity contribution in [2.75, 3.05) is 31.1 Å². The summed E-state index contributed by atoms with van der Waals surface area (Å²) in [6.45, 7) is 2.65. The van der Waals surface area contributed by atoms with Crippen LogP contribution in [0.5, 0.6) is 0 Å². The molecular weight excluding hydrogens is 442 g/mol. The minimum atomic E-state index is -3.53. The Hall–Kier alpha value is -3.04. The number of anilines is 1. The highest BCUT2D eigenvalue weighted by atomic mass is 32.2. The maximum atomic E-state index is 12.6. The first-order valence-electron chi connectivity index (χ1n) is 11.2.